The molecular formula is C9H13NS2. The fraction of sp³-hybridized carbons (Fsp3) is 0.333. The molecule has 1 nitrogen and oxygen atoms in total. The first kappa shape index (κ1) is 8.48. The lowest BCUT2D eigenvalue weighted by Gasteiger charge is -2.18. The number of hydrogen-bond donors (Lipinski definition) is 0. The van der Waals surface area contributed by atoms with E-state index >= 15 is 0 Å². The molecule has 12 heavy (non-hydrogen) atoms. The van der Waals surface area contributed by atoms with Crippen LogP contribution in [0.25, 0.3) is 0 Å². The van der Waals surface area contributed by atoms with Crippen LogP contribution in [-0.4, -0.2) is 24.7 Å². The molecule has 0 bridgehead atoms. The molecule has 0 unspecified atom stereocenters. The molecule has 2 rings (SSSR count). The van der Waals surface area contributed by atoms with Gasteiger partial charge in [0.1, 0.15) is 0 Å². The molecule has 0 saturated heterocycles. The van der Waals surface area contributed by atoms with Gasteiger partial charge in [-0.15, -0.1) is 9.06 Å². The Morgan fingerprint density at radius 1 is 1.17 bits per heavy atom. The molecule has 1 aromatic carbocycles. The molecule has 0 fully saturated rings. The van der Waals surface area contributed by atoms with Gasteiger partial charge in [0.05, 0.1) is 0 Å². The summed E-state index contributed by atoms with van der Waals surface area (Å²) in [5.74, 6) is 0. The van der Waals surface area contributed by atoms with Gasteiger partial charge in [0.2, 0.25) is 0 Å². The Morgan fingerprint density at radius 3 is 2.08 bits per heavy atom. The van der Waals surface area contributed by atoms with E-state index in [0.717, 1.165) is 0 Å². The Kier molecular flexibility index (Phi) is 1.90. The smallest absolute Gasteiger partial charge is 0.0171 e. The van der Waals surface area contributed by atoms with E-state index in [-0.39, 0.29) is 0 Å². The predicted molar refractivity (Wildman–Crippen MR) is 57.8 cm³/mol. The molecule has 0 aromatic heterocycles. The third-order valence-corrected chi connectivity index (χ3v) is 7.59. The Hall–Kier alpha value is -0.120. The molecule has 1 heterocycles. The van der Waals surface area contributed by atoms with Crippen LogP contribution in [0.3, 0.4) is 0 Å². The quantitative estimate of drug-likeness (QED) is 0.409. The maximum atomic E-state index is 2.36. The Bertz CT molecular complexity index is 286. The third kappa shape index (κ3) is 1.16. The van der Waals surface area contributed by atoms with Gasteiger partial charge in [0.15, 0.2) is 0 Å². The first-order chi connectivity index (χ1) is 5.64. The first-order valence-electron chi connectivity index (χ1n) is 3.89. The zero-order chi connectivity index (χ0) is 8.77. The Labute approximate surface area is 79.0 Å². The summed E-state index contributed by atoms with van der Waals surface area (Å²) in [5.41, 5.74) is 0. The van der Waals surface area contributed by atoms with Crippen molar-refractivity contribution in [3.8, 4) is 0 Å². The lowest BCUT2D eigenvalue weighted by molar-refractivity contribution is 0.711. The van der Waals surface area contributed by atoms with Crippen molar-refractivity contribution in [3.63, 3.8) is 0 Å². The average Bonchev–Trinajstić information content (AvgIpc) is 2.57. The van der Waals surface area contributed by atoms with Gasteiger partial charge in [-0.05, 0) is 43.5 Å². The fourth-order valence-electron chi connectivity index (χ4n) is 1.41. The van der Waals surface area contributed by atoms with Gasteiger partial charge >= 0.3 is 0 Å². The normalized spacial score (nSPS) is 20.3. The molecule has 0 radical (unpaired) electrons. The fourth-order valence-corrected chi connectivity index (χ4v) is 7.16. The van der Waals surface area contributed by atoms with E-state index in [2.05, 4.69) is 48.9 Å². The SMILES string of the molecule is CN(C)SS1(C)c2ccccc21. The molecule has 66 valence electrons. The third-order valence-electron chi connectivity index (χ3n) is 1.94. The number of benzene rings is 1. The van der Waals surface area contributed by atoms with Gasteiger partial charge in [0, 0.05) is 9.79 Å². The largest absolute Gasteiger partial charge is 0.248 e. The van der Waals surface area contributed by atoms with Crippen LogP contribution in [0.5, 0.6) is 0 Å². The van der Waals surface area contributed by atoms with Gasteiger partial charge in [-0.2, -0.15) is 0 Å². The topological polar surface area (TPSA) is 3.24 Å². The van der Waals surface area contributed by atoms with Crippen LogP contribution in [0.15, 0.2) is 34.1 Å². The zero-order valence-electron chi connectivity index (χ0n) is 7.57. The van der Waals surface area contributed by atoms with E-state index in [1.807, 2.05) is 11.0 Å². The highest BCUT2D eigenvalue weighted by Crippen LogP contribution is 2.84. The molecule has 1 aromatic rings. The van der Waals surface area contributed by atoms with Crippen molar-refractivity contribution in [1.82, 2.24) is 4.31 Å². The number of hydrogen-bond acceptors (Lipinski definition) is 2. The number of fused-ring (bicyclic) bond motifs is 1. The van der Waals surface area contributed by atoms with E-state index in [0.29, 0.717) is 0 Å². The van der Waals surface area contributed by atoms with Crippen LogP contribution in [-0.2, 0) is 0 Å². The summed E-state index contributed by atoms with van der Waals surface area (Å²) in [7, 11) is 5.60. The Morgan fingerprint density at radius 2 is 1.67 bits per heavy atom. The second-order valence-electron chi connectivity index (χ2n) is 3.18. The average molecular weight is 199 g/mol. The lowest BCUT2D eigenvalue weighted by Crippen LogP contribution is -1.98. The molecule has 0 spiro atoms. The van der Waals surface area contributed by atoms with Crippen molar-refractivity contribution < 1.29 is 0 Å². The summed E-state index contributed by atoms with van der Waals surface area (Å²) in [5, 5.41) is 0. The summed E-state index contributed by atoms with van der Waals surface area (Å²) in [6.07, 6.45) is 2.36. The number of rotatable bonds is 2. The van der Waals surface area contributed by atoms with Crippen molar-refractivity contribution in [3.05, 3.63) is 24.3 Å². The monoisotopic (exact) mass is 199 g/mol. The van der Waals surface area contributed by atoms with Gasteiger partial charge in [0.25, 0.3) is 0 Å². The number of nitrogens with zero attached hydrogens (tertiary/aromatic N) is 1. The predicted octanol–water partition coefficient (Wildman–Crippen LogP) is 2.98. The highest BCUT2D eigenvalue weighted by Gasteiger charge is 2.42. The standard InChI is InChI=1S/C9H13NS2/c1-10(2)11-12(3)8-6-4-5-7-9(8)12/h4-7H,1-3H3. The van der Waals surface area contributed by atoms with E-state index in [1.54, 1.807) is 9.79 Å². The second kappa shape index (κ2) is 2.69. The van der Waals surface area contributed by atoms with E-state index in [4.69, 9.17) is 0 Å². The first-order valence-corrected chi connectivity index (χ1v) is 7.22. The van der Waals surface area contributed by atoms with Crippen LogP contribution in [0.4, 0.5) is 0 Å². The van der Waals surface area contributed by atoms with Crippen molar-refractivity contribution >= 4 is 20.0 Å². The van der Waals surface area contributed by atoms with Crippen molar-refractivity contribution in [2.45, 2.75) is 9.79 Å². The summed E-state index contributed by atoms with van der Waals surface area (Å²) >= 11 is 0. The van der Waals surface area contributed by atoms with Crippen LogP contribution >= 0.6 is 20.0 Å². The van der Waals surface area contributed by atoms with Crippen molar-refractivity contribution in [2.24, 2.45) is 0 Å². The van der Waals surface area contributed by atoms with E-state index in [9.17, 15) is 0 Å². The molecule has 1 aliphatic rings. The lowest BCUT2D eigenvalue weighted by atomic mass is 10.4. The molecule has 1 aliphatic heterocycles. The Balaban J connectivity index is 2.21. The molecular weight excluding hydrogens is 186 g/mol. The van der Waals surface area contributed by atoms with Crippen LogP contribution in [0.2, 0.25) is 0 Å². The molecule has 0 saturated carbocycles. The molecule has 0 atom stereocenters. The summed E-state index contributed by atoms with van der Waals surface area (Å²) in [6, 6.07) is 8.77. The second-order valence-corrected chi connectivity index (χ2v) is 9.07. The maximum Gasteiger partial charge on any atom is 0.0171 e. The molecule has 0 amide bonds. The van der Waals surface area contributed by atoms with Crippen molar-refractivity contribution in [2.75, 3.05) is 20.4 Å². The minimum Gasteiger partial charge on any atom is -0.248 e. The van der Waals surface area contributed by atoms with Gasteiger partial charge in [-0.1, -0.05) is 12.1 Å². The summed E-state index contributed by atoms with van der Waals surface area (Å²) in [4.78, 5) is 3.15. The van der Waals surface area contributed by atoms with Crippen LogP contribution in [0.1, 0.15) is 0 Å². The zero-order valence-corrected chi connectivity index (χ0v) is 9.21. The molecule has 3 heteroatoms. The van der Waals surface area contributed by atoms with E-state index < -0.39 is 9.06 Å². The molecule has 0 aliphatic carbocycles. The maximum absolute atomic E-state index is 2.36. The van der Waals surface area contributed by atoms with Gasteiger partial charge < -0.3 is 0 Å². The van der Waals surface area contributed by atoms with Gasteiger partial charge in [-0.25, -0.2) is 4.31 Å². The van der Waals surface area contributed by atoms with Crippen LogP contribution < -0.4 is 0 Å². The van der Waals surface area contributed by atoms with E-state index in [1.165, 1.54) is 0 Å². The summed E-state index contributed by atoms with van der Waals surface area (Å²) in [6.45, 7) is 0. The minimum atomic E-state index is -0.590. The molecule has 0 N–H and O–H groups in total. The summed E-state index contributed by atoms with van der Waals surface area (Å²) < 4.78 is 2.20. The highest BCUT2D eigenvalue weighted by molar-refractivity contribution is 8.95. The van der Waals surface area contributed by atoms with Crippen LogP contribution in [0, 0.1) is 0 Å². The van der Waals surface area contributed by atoms with Crippen molar-refractivity contribution in [1.29, 1.82) is 0 Å². The minimum absolute atomic E-state index is 0.590. The van der Waals surface area contributed by atoms with Gasteiger partial charge in [-0.3, -0.25) is 0 Å². The highest BCUT2D eigenvalue weighted by atomic mass is 33.2.